The Labute approximate surface area is 172 Å². The molecular weight excluding hydrogens is 410 g/mol. The van der Waals surface area contributed by atoms with Gasteiger partial charge in [0.25, 0.3) is 5.91 Å². The van der Waals surface area contributed by atoms with Gasteiger partial charge in [-0.2, -0.15) is 4.98 Å². The third-order valence-electron chi connectivity index (χ3n) is 4.14. The van der Waals surface area contributed by atoms with Crippen molar-refractivity contribution in [3.63, 3.8) is 0 Å². The van der Waals surface area contributed by atoms with E-state index in [1.54, 1.807) is 4.90 Å². The predicted octanol–water partition coefficient (Wildman–Crippen LogP) is 3.02. The minimum Gasteiger partial charge on any atom is -0.363 e. The van der Waals surface area contributed by atoms with Crippen molar-refractivity contribution < 1.29 is 18.8 Å². The van der Waals surface area contributed by atoms with Gasteiger partial charge in [-0.25, -0.2) is 14.2 Å². The molecule has 0 radical (unpaired) electrons. The summed E-state index contributed by atoms with van der Waals surface area (Å²) < 4.78 is 13.7. The highest BCUT2D eigenvalue weighted by molar-refractivity contribution is 6.66. The van der Waals surface area contributed by atoms with Gasteiger partial charge in [-0.15, -0.1) is 0 Å². The van der Waals surface area contributed by atoms with Crippen LogP contribution in [0.3, 0.4) is 0 Å². The molecule has 2 aliphatic rings. The molecule has 2 fully saturated rings. The zero-order chi connectivity index (χ0) is 21.3. The molecule has 1 aromatic heterocycles. The lowest BCUT2D eigenvalue weighted by molar-refractivity contribution is -0.127. The first-order valence-corrected chi connectivity index (χ1v) is 9.39. The van der Waals surface area contributed by atoms with Crippen LogP contribution in [0.4, 0.5) is 10.2 Å². The van der Waals surface area contributed by atoms with Crippen LogP contribution in [0.1, 0.15) is 26.7 Å². The summed E-state index contributed by atoms with van der Waals surface area (Å²) in [5, 5.41) is 2.44. The molecule has 3 rings (SSSR count). The summed E-state index contributed by atoms with van der Waals surface area (Å²) in [5.41, 5.74) is 0. The second-order valence-electron chi connectivity index (χ2n) is 5.75. The molecule has 0 spiro atoms. The van der Waals surface area contributed by atoms with E-state index in [0.717, 1.165) is 31.2 Å². The number of fused-ring (bicyclic) bond motifs is 2. The van der Waals surface area contributed by atoms with Gasteiger partial charge in [-0.05, 0) is 48.0 Å². The number of hydrogen-bond acceptors (Lipinski definition) is 6. The molecule has 152 valence electrons. The predicted molar refractivity (Wildman–Crippen MR) is 105 cm³/mol. The highest BCUT2D eigenvalue weighted by atomic mass is 35.5. The molecule has 1 N–H and O–H groups in total. The molecule has 1 saturated carbocycles. The largest absolute Gasteiger partial charge is 0.363 e. The zero-order valence-electron chi connectivity index (χ0n) is 15.5. The van der Waals surface area contributed by atoms with Crippen molar-refractivity contribution in [2.45, 2.75) is 38.8 Å². The highest BCUT2D eigenvalue weighted by Gasteiger charge is 2.46. The topological polar surface area (TPSA) is 92.3 Å². The molecule has 1 aromatic rings. The zero-order valence-corrected chi connectivity index (χ0v) is 17.0. The Balaban J connectivity index is 0.000000490. The van der Waals surface area contributed by atoms with Gasteiger partial charge in [-0.3, -0.25) is 9.59 Å². The van der Waals surface area contributed by atoms with Crippen molar-refractivity contribution in [1.82, 2.24) is 14.9 Å². The summed E-state index contributed by atoms with van der Waals surface area (Å²) in [5.74, 6) is 0.932. The van der Waals surface area contributed by atoms with Crippen molar-refractivity contribution in [3.05, 3.63) is 36.0 Å². The standard InChI is InChI=1S/C13H12ClFN4O2.C3H3ClO.C2H6/c14-13-16-5-8(15)12(18-13)17-9-3-7-4-10(9)19(6-7)11(21)1-2-20;1-2-3(4)5;1-2/h1,5,7,9-10H,3-4,6H2,(H,16,17,18);2H,1H2;1-2H3. The number of likely N-dealkylation sites (tertiary alicyclic amines) is 1. The third kappa shape index (κ3) is 6.41. The lowest BCUT2D eigenvalue weighted by atomic mass is 10.1. The van der Waals surface area contributed by atoms with Gasteiger partial charge in [-0.1, -0.05) is 20.4 Å². The Hall–Kier alpha value is -2.28. The summed E-state index contributed by atoms with van der Waals surface area (Å²) in [6.45, 7) is 7.70. The molecular formula is C18H21Cl2FN4O3. The van der Waals surface area contributed by atoms with Crippen LogP contribution >= 0.6 is 23.2 Å². The van der Waals surface area contributed by atoms with Crippen LogP contribution in [0.15, 0.2) is 24.9 Å². The number of hydrogen-bond donors (Lipinski definition) is 1. The van der Waals surface area contributed by atoms with E-state index in [1.165, 1.54) is 5.94 Å². The monoisotopic (exact) mass is 430 g/mol. The van der Waals surface area contributed by atoms with Gasteiger partial charge < -0.3 is 10.2 Å². The molecule has 1 saturated heterocycles. The molecule has 1 aliphatic heterocycles. The molecule has 2 bridgehead atoms. The number of carbonyl (C=O) groups is 2. The number of anilines is 1. The number of aromatic nitrogens is 2. The number of carbonyl (C=O) groups excluding carboxylic acids is 3. The van der Waals surface area contributed by atoms with Crippen LogP contribution in [0.5, 0.6) is 0 Å². The van der Waals surface area contributed by atoms with Crippen molar-refractivity contribution >= 4 is 46.1 Å². The molecule has 3 unspecified atom stereocenters. The normalized spacial score (nSPS) is 21.3. The van der Waals surface area contributed by atoms with Crippen molar-refractivity contribution in [2.75, 3.05) is 11.9 Å². The van der Waals surface area contributed by atoms with E-state index in [4.69, 9.17) is 23.2 Å². The van der Waals surface area contributed by atoms with Gasteiger partial charge in [0.05, 0.1) is 18.3 Å². The van der Waals surface area contributed by atoms with Crippen LogP contribution in [0, 0.1) is 11.7 Å². The maximum Gasteiger partial charge on any atom is 0.257 e. The lowest BCUT2D eigenvalue weighted by Crippen LogP contribution is -2.47. The second kappa shape index (κ2) is 11.5. The Morgan fingerprint density at radius 2 is 2.07 bits per heavy atom. The Morgan fingerprint density at radius 1 is 1.43 bits per heavy atom. The van der Waals surface area contributed by atoms with E-state index in [2.05, 4.69) is 21.9 Å². The Kier molecular flexibility index (Phi) is 9.79. The first kappa shape index (κ1) is 23.8. The van der Waals surface area contributed by atoms with Gasteiger partial charge in [0.15, 0.2) is 11.6 Å². The van der Waals surface area contributed by atoms with E-state index < -0.39 is 11.1 Å². The van der Waals surface area contributed by atoms with Crippen LogP contribution in [0.25, 0.3) is 0 Å². The van der Waals surface area contributed by atoms with E-state index in [9.17, 15) is 18.8 Å². The highest BCUT2D eigenvalue weighted by Crippen LogP contribution is 2.39. The molecule has 0 aromatic carbocycles. The minimum atomic E-state index is -0.590. The van der Waals surface area contributed by atoms with Gasteiger partial charge >= 0.3 is 0 Å². The number of allylic oxidation sites excluding steroid dienone is 1. The number of piperidine rings is 1. The Bertz CT molecular complexity index is 771. The van der Waals surface area contributed by atoms with E-state index in [0.29, 0.717) is 12.5 Å². The summed E-state index contributed by atoms with van der Waals surface area (Å²) in [4.78, 5) is 40.6. The smallest absolute Gasteiger partial charge is 0.257 e. The molecule has 2 heterocycles. The SMILES string of the molecule is C=CC(=O)Cl.CC.O=C=CC(=O)N1CC2CC(Nc3nc(Cl)ncc3F)C1C2. The van der Waals surface area contributed by atoms with E-state index in [-0.39, 0.29) is 29.1 Å². The number of nitrogens with zero attached hydrogens (tertiary/aromatic N) is 3. The average Bonchev–Trinajstić information content (AvgIpc) is 3.27. The summed E-state index contributed by atoms with van der Waals surface area (Å²) in [6.07, 6.45) is 4.58. The lowest BCUT2D eigenvalue weighted by Gasteiger charge is -2.33. The quantitative estimate of drug-likeness (QED) is 0.341. The van der Waals surface area contributed by atoms with Crippen molar-refractivity contribution in [1.29, 1.82) is 0 Å². The van der Waals surface area contributed by atoms with Crippen LogP contribution in [-0.4, -0.2) is 50.6 Å². The fourth-order valence-corrected chi connectivity index (χ4v) is 3.32. The first-order valence-electron chi connectivity index (χ1n) is 8.63. The average molecular weight is 431 g/mol. The van der Waals surface area contributed by atoms with Gasteiger partial charge in [0.1, 0.15) is 5.94 Å². The molecule has 10 heteroatoms. The molecule has 1 aliphatic carbocycles. The van der Waals surface area contributed by atoms with E-state index in [1.807, 2.05) is 13.8 Å². The number of nitrogens with one attached hydrogen (secondary N) is 1. The van der Waals surface area contributed by atoms with Crippen molar-refractivity contribution in [2.24, 2.45) is 5.92 Å². The third-order valence-corrected chi connectivity index (χ3v) is 4.48. The fraction of sp³-hybridized carbons (Fsp3) is 0.444. The maximum absolute atomic E-state index is 13.7. The fourth-order valence-electron chi connectivity index (χ4n) is 3.19. The van der Waals surface area contributed by atoms with Crippen molar-refractivity contribution in [3.8, 4) is 0 Å². The van der Waals surface area contributed by atoms with E-state index >= 15 is 0 Å². The molecule has 3 atom stereocenters. The molecule has 28 heavy (non-hydrogen) atoms. The molecule has 1 amide bonds. The number of amides is 1. The van der Waals surface area contributed by atoms with Gasteiger partial charge in [0, 0.05) is 12.6 Å². The first-order chi connectivity index (χ1) is 13.3. The number of rotatable bonds is 4. The van der Waals surface area contributed by atoms with Gasteiger partial charge in [0.2, 0.25) is 10.5 Å². The summed E-state index contributed by atoms with van der Waals surface area (Å²) >= 11 is 10.4. The molecule has 7 nitrogen and oxygen atoms in total. The minimum absolute atomic E-state index is 0.0332. The maximum atomic E-state index is 13.7. The summed E-state index contributed by atoms with van der Waals surface area (Å²) in [6, 6.07) is -0.201. The van der Waals surface area contributed by atoms with Crippen LogP contribution < -0.4 is 5.32 Å². The Morgan fingerprint density at radius 3 is 2.61 bits per heavy atom. The summed E-state index contributed by atoms with van der Waals surface area (Å²) in [7, 11) is 0. The second-order valence-corrected chi connectivity index (χ2v) is 6.46. The van der Waals surface area contributed by atoms with Crippen LogP contribution in [0.2, 0.25) is 5.28 Å². The van der Waals surface area contributed by atoms with Crippen LogP contribution in [-0.2, 0) is 14.4 Å². The number of halogens is 3.